The Balaban J connectivity index is 2.12. The fourth-order valence-corrected chi connectivity index (χ4v) is 1.79. The van der Waals surface area contributed by atoms with Crippen molar-refractivity contribution < 1.29 is 9.53 Å². The lowest BCUT2D eigenvalue weighted by molar-refractivity contribution is 0.0594. The average Bonchev–Trinajstić information content (AvgIpc) is 2.86. The standard InChI is InChI=1S/C10H14N2O2/c1-14-10(13)9-5-4-8(12-9)7-3-2-6-11-7/h4-5,7,11-12H,2-3,6H2,1H3/t7-/m0/s1. The third-order valence-electron chi connectivity index (χ3n) is 2.55. The molecule has 1 aliphatic rings. The number of methoxy groups -OCH3 is 1. The Morgan fingerprint density at radius 3 is 3.07 bits per heavy atom. The van der Waals surface area contributed by atoms with Crippen molar-refractivity contribution >= 4 is 5.97 Å². The van der Waals surface area contributed by atoms with E-state index in [1.807, 2.05) is 6.07 Å². The summed E-state index contributed by atoms with van der Waals surface area (Å²) < 4.78 is 4.62. The summed E-state index contributed by atoms with van der Waals surface area (Å²) in [5.74, 6) is -0.311. The van der Waals surface area contributed by atoms with Crippen LogP contribution in [-0.4, -0.2) is 24.6 Å². The van der Waals surface area contributed by atoms with E-state index in [0.29, 0.717) is 11.7 Å². The number of ether oxygens (including phenoxy) is 1. The lowest BCUT2D eigenvalue weighted by atomic mass is 10.2. The molecule has 4 nitrogen and oxygen atoms in total. The maximum absolute atomic E-state index is 11.2. The van der Waals surface area contributed by atoms with Gasteiger partial charge in [-0.05, 0) is 31.5 Å². The molecule has 2 heterocycles. The van der Waals surface area contributed by atoms with Gasteiger partial charge in [-0.15, -0.1) is 0 Å². The van der Waals surface area contributed by atoms with Gasteiger partial charge in [0.25, 0.3) is 0 Å². The van der Waals surface area contributed by atoms with Gasteiger partial charge in [-0.25, -0.2) is 4.79 Å². The molecule has 4 heteroatoms. The van der Waals surface area contributed by atoms with Gasteiger partial charge in [0.15, 0.2) is 0 Å². The molecule has 2 rings (SSSR count). The van der Waals surface area contributed by atoms with Crippen LogP contribution in [0.5, 0.6) is 0 Å². The van der Waals surface area contributed by atoms with Gasteiger partial charge >= 0.3 is 5.97 Å². The van der Waals surface area contributed by atoms with E-state index in [0.717, 1.165) is 18.7 Å². The molecule has 0 unspecified atom stereocenters. The van der Waals surface area contributed by atoms with Crippen LogP contribution in [-0.2, 0) is 4.74 Å². The van der Waals surface area contributed by atoms with Crippen LogP contribution in [0.25, 0.3) is 0 Å². The Labute approximate surface area is 82.6 Å². The van der Waals surface area contributed by atoms with E-state index < -0.39 is 0 Å². The van der Waals surface area contributed by atoms with Crippen molar-refractivity contribution in [3.05, 3.63) is 23.5 Å². The number of nitrogens with one attached hydrogen (secondary N) is 2. The Morgan fingerprint density at radius 1 is 1.57 bits per heavy atom. The Morgan fingerprint density at radius 2 is 2.43 bits per heavy atom. The number of H-pyrrole nitrogens is 1. The Bertz CT molecular complexity index is 327. The molecule has 1 fully saturated rings. The number of aromatic nitrogens is 1. The minimum atomic E-state index is -0.311. The zero-order chi connectivity index (χ0) is 9.97. The lowest BCUT2D eigenvalue weighted by Gasteiger charge is -2.06. The van der Waals surface area contributed by atoms with E-state index in [-0.39, 0.29) is 5.97 Å². The number of rotatable bonds is 2. The zero-order valence-corrected chi connectivity index (χ0v) is 8.17. The number of hydrogen-bond donors (Lipinski definition) is 2. The molecule has 0 bridgehead atoms. The van der Waals surface area contributed by atoms with Gasteiger partial charge in [0.1, 0.15) is 5.69 Å². The third-order valence-corrected chi connectivity index (χ3v) is 2.55. The summed E-state index contributed by atoms with van der Waals surface area (Å²) >= 11 is 0. The molecule has 0 amide bonds. The summed E-state index contributed by atoms with van der Waals surface area (Å²) in [6.07, 6.45) is 2.32. The van der Waals surface area contributed by atoms with Crippen molar-refractivity contribution in [1.82, 2.24) is 10.3 Å². The van der Waals surface area contributed by atoms with Crippen molar-refractivity contribution in [3.8, 4) is 0 Å². The van der Waals surface area contributed by atoms with Crippen LogP contribution in [0.2, 0.25) is 0 Å². The molecule has 1 saturated heterocycles. The summed E-state index contributed by atoms with van der Waals surface area (Å²) in [6, 6.07) is 4.07. The molecule has 0 saturated carbocycles. The second kappa shape index (κ2) is 3.84. The number of esters is 1. The monoisotopic (exact) mass is 194 g/mol. The van der Waals surface area contributed by atoms with E-state index in [9.17, 15) is 4.79 Å². The van der Waals surface area contributed by atoms with Gasteiger partial charge in [0, 0.05) is 11.7 Å². The molecule has 76 valence electrons. The highest BCUT2D eigenvalue weighted by Gasteiger charge is 2.18. The molecule has 0 radical (unpaired) electrons. The predicted molar refractivity (Wildman–Crippen MR) is 52.1 cm³/mol. The van der Waals surface area contributed by atoms with Gasteiger partial charge in [-0.2, -0.15) is 0 Å². The van der Waals surface area contributed by atoms with Gasteiger partial charge < -0.3 is 15.0 Å². The minimum absolute atomic E-state index is 0.311. The second-order valence-corrected chi connectivity index (χ2v) is 3.47. The molecule has 14 heavy (non-hydrogen) atoms. The summed E-state index contributed by atoms with van der Waals surface area (Å²) in [5.41, 5.74) is 1.60. The van der Waals surface area contributed by atoms with Gasteiger partial charge in [0.05, 0.1) is 7.11 Å². The van der Waals surface area contributed by atoms with E-state index in [2.05, 4.69) is 15.0 Å². The summed E-state index contributed by atoms with van der Waals surface area (Å²) in [6.45, 7) is 1.05. The van der Waals surface area contributed by atoms with Crippen LogP contribution < -0.4 is 5.32 Å². The van der Waals surface area contributed by atoms with Crippen molar-refractivity contribution in [2.24, 2.45) is 0 Å². The first kappa shape index (κ1) is 9.27. The van der Waals surface area contributed by atoms with Crippen molar-refractivity contribution in [3.63, 3.8) is 0 Å². The molecule has 1 aromatic rings. The maximum atomic E-state index is 11.2. The fraction of sp³-hybridized carbons (Fsp3) is 0.500. The first-order valence-electron chi connectivity index (χ1n) is 4.82. The molecule has 2 N–H and O–H groups in total. The highest BCUT2D eigenvalue weighted by Crippen LogP contribution is 2.22. The molecule has 1 aliphatic heterocycles. The predicted octanol–water partition coefficient (Wildman–Crippen LogP) is 1.23. The molecule has 0 aliphatic carbocycles. The first-order valence-corrected chi connectivity index (χ1v) is 4.82. The minimum Gasteiger partial charge on any atom is -0.464 e. The van der Waals surface area contributed by atoms with Gasteiger partial charge in [-0.1, -0.05) is 0 Å². The summed E-state index contributed by atoms with van der Waals surface area (Å²) in [7, 11) is 1.39. The van der Waals surface area contributed by atoms with Crippen LogP contribution in [0.15, 0.2) is 12.1 Å². The van der Waals surface area contributed by atoms with E-state index >= 15 is 0 Å². The van der Waals surface area contributed by atoms with Crippen LogP contribution in [0.4, 0.5) is 0 Å². The smallest absolute Gasteiger partial charge is 0.354 e. The van der Waals surface area contributed by atoms with Crippen LogP contribution in [0.1, 0.15) is 35.1 Å². The van der Waals surface area contributed by atoms with Crippen LogP contribution >= 0.6 is 0 Å². The number of hydrogen-bond acceptors (Lipinski definition) is 3. The van der Waals surface area contributed by atoms with Gasteiger partial charge in [-0.3, -0.25) is 0 Å². The quantitative estimate of drug-likeness (QED) is 0.696. The first-order chi connectivity index (χ1) is 6.81. The molecule has 1 atom stereocenters. The third kappa shape index (κ3) is 1.65. The Kier molecular flexibility index (Phi) is 2.54. The largest absolute Gasteiger partial charge is 0.464 e. The van der Waals surface area contributed by atoms with E-state index in [4.69, 9.17) is 0 Å². The maximum Gasteiger partial charge on any atom is 0.354 e. The molecular weight excluding hydrogens is 180 g/mol. The Hall–Kier alpha value is -1.29. The summed E-state index contributed by atoms with van der Waals surface area (Å²) in [4.78, 5) is 14.2. The van der Waals surface area contributed by atoms with Crippen molar-refractivity contribution in [1.29, 1.82) is 0 Å². The summed E-state index contributed by atoms with van der Waals surface area (Å²) in [5, 5.41) is 3.36. The second-order valence-electron chi connectivity index (χ2n) is 3.47. The highest BCUT2D eigenvalue weighted by molar-refractivity contribution is 5.87. The topological polar surface area (TPSA) is 54.1 Å². The number of carbonyl (C=O) groups is 1. The fourth-order valence-electron chi connectivity index (χ4n) is 1.79. The van der Waals surface area contributed by atoms with Crippen molar-refractivity contribution in [2.45, 2.75) is 18.9 Å². The molecule has 1 aromatic heterocycles. The highest BCUT2D eigenvalue weighted by atomic mass is 16.5. The van der Waals surface area contributed by atoms with Crippen LogP contribution in [0.3, 0.4) is 0 Å². The lowest BCUT2D eigenvalue weighted by Crippen LogP contribution is -2.13. The number of aromatic amines is 1. The average molecular weight is 194 g/mol. The van der Waals surface area contributed by atoms with Crippen molar-refractivity contribution in [2.75, 3.05) is 13.7 Å². The normalized spacial score (nSPS) is 21.1. The SMILES string of the molecule is COC(=O)c1ccc([C@@H]2CCCN2)[nH]1. The van der Waals surface area contributed by atoms with Crippen LogP contribution in [0, 0.1) is 0 Å². The number of carbonyl (C=O) groups excluding carboxylic acids is 1. The zero-order valence-electron chi connectivity index (χ0n) is 8.17. The molecular formula is C10H14N2O2. The van der Waals surface area contributed by atoms with E-state index in [1.54, 1.807) is 6.07 Å². The molecule has 0 spiro atoms. The van der Waals surface area contributed by atoms with E-state index in [1.165, 1.54) is 13.5 Å². The molecule has 0 aromatic carbocycles. The van der Waals surface area contributed by atoms with Gasteiger partial charge in [0.2, 0.25) is 0 Å².